The van der Waals surface area contributed by atoms with Crippen molar-refractivity contribution in [2.75, 3.05) is 11.9 Å². The monoisotopic (exact) mass is 260 g/mol. The van der Waals surface area contributed by atoms with E-state index in [1.807, 2.05) is 0 Å². The molecule has 1 atom stereocenters. The van der Waals surface area contributed by atoms with E-state index in [-0.39, 0.29) is 24.4 Å². The zero-order chi connectivity index (χ0) is 10.7. The summed E-state index contributed by atoms with van der Waals surface area (Å²) in [5, 5.41) is 6.67. The zero-order valence-corrected chi connectivity index (χ0v) is 10.3. The highest BCUT2D eigenvalue weighted by atomic mass is 35.5. The van der Waals surface area contributed by atoms with Crippen LogP contribution in [0, 0.1) is 0 Å². The van der Waals surface area contributed by atoms with Crippen LogP contribution < -0.4 is 10.6 Å². The fourth-order valence-electron chi connectivity index (χ4n) is 1.67. The van der Waals surface area contributed by atoms with Crippen LogP contribution in [0.3, 0.4) is 0 Å². The van der Waals surface area contributed by atoms with Gasteiger partial charge < -0.3 is 10.6 Å². The van der Waals surface area contributed by atoms with Crippen LogP contribution in [-0.4, -0.2) is 18.5 Å². The van der Waals surface area contributed by atoms with Crippen LogP contribution in [0.1, 0.15) is 12.8 Å². The van der Waals surface area contributed by atoms with E-state index in [9.17, 15) is 4.79 Å². The van der Waals surface area contributed by atoms with Crippen molar-refractivity contribution >= 4 is 35.6 Å². The van der Waals surface area contributed by atoms with E-state index in [1.54, 1.807) is 24.3 Å². The summed E-state index contributed by atoms with van der Waals surface area (Å²) in [6, 6.07) is 7.09. The number of halogens is 2. The molecule has 1 aromatic rings. The van der Waals surface area contributed by atoms with Gasteiger partial charge in [-0.1, -0.05) is 11.6 Å². The first-order chi connectivity index (χ1) is 7.25. The van der Waals surface area contributed by atoms with Crippen LogP contribution >= 0.6 is 24.0 Å². The number of anilines is 1. The molecule has 3 nitrogen and oxygen atoms in total. The molecular formula is C11H14Cl2N2O. The second-order valence-corrected chi connectivity index (χ2v) is 4.08. The summed E-state index contributed by atoms with van der Waals surface area (Å²) in [4.78, 5) is 11.7. The Hall–Kier alpha value is -0.770. The summed E-state index contributed by atoms with van der Waals surface area (Å²) >= 11 is 5.75. The first-order valence-corrected chi connectivity index (χ1v) is 5.43. The molecule has 1 amide bonds. The highest BCUT2D eigenvalue weighted by Gasteiger charge is 2.21. The summed E-state index contributed by atoms with van der Waals surface area (Å²) in [7, 11) is 0. The van der Waals surface area contributed by atoms with Gasteiger partial charge in [-0.3, -0.25) is 4.79 Å². The quantitative estimate of drug-likeness (QED) is 0.858. The van der Waals surface area contributed by atoms with E-state index in [1.165, 1.54) is 0 Å². The third kappa shape index (κ3) is 3.37. The SMILES string of the molecule is Cl.O=C(Nc1ccc(Cl)cc1)C1CCCN1. The molecule has 0 saturated carbocycles. The molecule has 1 aliphatic rings. The van der Waals surface area contributed by atoms with Crippen molar-refractivity contribution < 1.29 is 4.79 Å². The summed E-state index contributed by atoms with van der Waals surface area (Å²) in [5.74, 6) is 0.0369. The smallest absolute Gasteiger partial charge is 0.241 e. The maximum absolute atomic E-state index is 11.7. The molecule has 0 aromatic heterocycles. The van der Waals surface area contributed by atoms with Crippen LogP contribution in [0.25, 0.3) is 0 Å². The van der Waals surface area contributed by atoms with E-state index in [0.717, 1.165) is 25.1 Å². The number of hydrogen-bond acceptors (Lipinski definition) is 2. The summed E-state index contributed by atoms with van der Waals surface area (Å²) < 4.78 is 0. The first kappa shape index (κ1) is 13.3. The van der Waals surface area contributed by atoms with Gasteiger partial charge in [-0.25, -0.2) is 0 Å². The molecule has 1 saturated heterocycles. The van der Waals surface area contributed by atoms with Gasteiger partial charge in [0.15, 0.2) is 0 Å². The lowest BCUT2D eigenvalue weighted by Gasteiger charge is -2.10. The standard InChI is InChI=1S/C11H13ClN2O.ClH/c12-8-3-5-9(6-4-8)14-11(15)10-2-1-7-13-10;/h3-6,10,13H,1-2,7H2,(H,14,15);1H. The Labute approximate surface area is 106 Å². The van der Waals surface area contributed by atoms with Crippen molar-refractivity contribution in [3.05, 3.63) is 29.3 Å². The normalized spacial score (nSPS) is 18.9. The summed E-state index contributed by atoms with van der Waals surface area (Å²) in [6.07, 6.45) is 1.98. The largest absolute Gasteiger partial charge is 0.325 e. The molecule has 88 valence electrons. The molecule has 16 heavy (non-hydrogen) atoms. The Morgan fingerprint density at radius 3 is 2.62 bits per heavy atom. The minimum absolute atomic E-state index is 0. The van der Waals surface area contributed by atoms with Crippen molar-refractivity contribution in [2.45, 2.75) is 18.9 Å². The first-order valence-electron chi connectivity index (χ1n) is 5.05. The van der Waals surface area contributed by atoms with Crippen LogP contribution in [0.15, 0.2) is 24.3 Å². The van der Waals surface area contributed by atoms with Crippen LogP contribution in [0.4, 0.5) is 5.69 Å². The maximum Gasteiger partial charge on any atom is 0.241 e. The van der Waals surface area contributed by atoms with Crippen molar-refractivity contribution in [1.82, 2.24) is 5.32 Å². The summed E-state index contributed by atoms with van der Waals surface area (Å²) in [6.45, 7) is 0.929. The van der Waals surface area contributed by atoms with Gasteiger partial charge in [0.25, 0.3) is 0 Å². The number of amides is 1. The molecule has 2 rings (SSSR count). The second-order valence-electron chi connectivity index (χ2n) is 3.65. The molecule has 1 aliphatic heterocycles. The van der Waals surface area contributed by atoms with E-state index < -0.39 is 0 Å². The van der Waals surface area contributed by atoms with Gasteiger partial charge >= 0.3 is 0 Å². The lowest BCUT2D eigenvalue weighted by atomic mass is 10.2. The van der Waals surface area contributed by atoms with Gasteiger partial charge in [0.2, 0.25) is 5.91 Å². The van der Waals surface area contributed by atoms with E-state index in [0.29, 0.717) is 5.02 Å². The zero-order valence-electron chi connectivity index (χ0n) is 8.70. The average molecular weight is 261 g/mol. The number of benzene rings is 1. The molecule has 1 unspecified atom stereocenters. The number of nitrogens with one attached hydrogen (secondary N) is 2. The van der Waals surface area contributed by atoms with Gasteiger partial charge in [-0.05, 0) is 43.7 Å². The van der Waals surface area contributed by atoms with E-state index in [4.69, 9.17) is 11.6 Å². The van der Waals surface area contributed by atoms with Crippen LogP contribution in [-0.2, 0) is 4.79 Å². The Balaban J connectivity index is 0.00000128. The lowest BCUT2D eigenvalue weighted by molar-refractivity contribution is -0.117. The highest BCUT2D eigenvalue weighted by Crippen LogP contribution is 2.14. The molecule has 1 fully saturated rings. The fraction of sp³-hybridized carbons (Fsp3) is 0.364. The number of carbonyl (C=O) groups is 1. The number of hydrogen-bond donors (Lipinski definition) is 2. The Morgan fingerprint density at radius 1 is 1.38 bits per heavy atom. The molecular weight excluding hydrogens is 247 g/mol. The van der Waals surface area contributed by atoms with Crippen LogP contribution in [0.5, 0.6) is 0 Å². The maximum atomic E-state index is 11.7. The molecule has 5 heteroatoms. The molecule has 0 spiro atoms. The van der Waals surface area contributed by atoms with Gasteiger partial charge in [0.1, 0.15) is 0 Å². The molecule has 2 N–H and O–H groups in total. The van der Waals surface area contributed by atoms with E-state index in [2.05, 4.69) is 10.6 Å². The molecule has 1 heterocycles. The van der Waals surface area contributed by atoms with Crippen LogP contribution in [0.2, 0.25) is 5.02 Å². The topological polar surface area (TPSA) is 41.1 Å². The third-order valence-corrected chi connectivity index (χ3v) is 2.74. The van der Waals surface area contributed by atoms with Crippen molar-refractivity contribution in [3.63, 3.8) is 0 Å². The number of rotatable bonds is 2. The Bertz CT molecular complexity index is 348. The average Bonchev–Trinajstić information content (AvgIpc) is 2.74. The molecule has 0 radical (unpaired) electrons. The van der Waals surface area contributed by atoms with E-state index >= 15 is 0 Å². The van der Waals surface area contributed by atoms with Crippen molar-refractivity contribution in [1.29, 1.82) is 0 Å². The Morgan fingerprint density at radius 2 is 2.06 bits per heavy atom. The van der Waals surface area contributed by atoms with Gasteiger partial charge in [0.05, 0.1) is 6.04 Å². The van der Waals surface area contributed by atoms with Gasteiger partial charge in [-0.15, -0.1) is 12.4 Å². The van der Waals surface area contributed by atoms with Crippen molar-refractivity contribution in [2.24, 2.45) is 0 Å². The molecule has 0 aliphatic carbocycles. The summed E-state index contributed by atoms with van der Waals surface area (Å²) in [5.41, 5.74) is 0.790. The molecule has 0 bridgehead atoms. The lowest BCUT2D eigenvalue weighted by Crippen LogP contribution is -2.35. The Kier molecular flexibility index (Phi) is 5.06. The second kappa shape index (κ2) is 6.09. The third-order valence-electron chi connectivity index (χ3n) is 2.49. The predicted molar refractivity (Wildman–Crippen MR) is 68.4 cm³/mol. The van der Waals surface area contributed by atoms with Gasteiger partial charge in [0, 0.05) is 10.7 Å². The van der Waals surface area contributed by atoms with Crippen molar-refractivity contribution in [3.8, 4) is 0 Å². The molecule has 1 aromatic carbocycles. The highest BCUT2D eigenvalue weighted by molar-refractivity contribution is 6.30. The predicted octanol–water partition coefficient (Wildman–Crippen LogP) is 2.45. The fourth-order valence-corrected chi connectivity index (χ4v) is 1.80. The minimum Gasteiger partial charge on any atom is -0.325 e. The minimum atomic E-state index is -0.0410. The number of carbonyl (C=O) groups excluding carboxylic acids is 1. The van der Waals surface area contributed by atoms with Gasteiger partial charge in [-0.2, -0.15) is 0 Å².